The minimum Gasteiger partial charge on any atom is -0.469 e. The fourth-order valence-electron chi connectivity index (χ4n) is 1.99. The van der Waals surface area contributed by atoms with E-state index in [1.807, 2.05) is 24.3 Å². The van der Waals surface area contributed by atoms with Crippen LogP contribution in [0.15, 0.2) is 48.5 Å². The SMILES string of the molecule is CCc1ccc(-c2ccc(CC(=O)OC)cc2)cc1. The molecule has 0 heterocycles. The quantitative estimate of drug-likeness (QED) is 0.779. The molecule has 19 heavy (non-hydrogen) atoms. The van der Waals surface area contributed by atoms with Crippen LogP contribution < -0.4 is 0 Å². The number of carbonyl (C=O) groups is 1. The van der Waals surface area contributed by atoms with E-state index in [0.717, 1.165) is 17.5 Å². The average Bonchev–Trinajstić information content (AvgIpc) is 2.48. The Bertz CT molecular complexity index is 538. The van der Waals surface area contributed by atoms with Gasteiger partial charge in [0.05, 0.1) is 13.5 Å². The van der Waals surface area contributed by atoms with Crippen molar-refractivity contribution in [1.82, 2.24) is 0 Å². The maximum Gasteiger partial charge on any atom is 0.309 e. The normalized spacial score (nSPS) is 10.2. The second-order valence-corrected chi connectivity index (χ2v) is 4.50. The monoisotopic (exact) mass is 254 g/mol. The highest BCUT2D eigenvalue weighted by Gasteiger charge is 2.03. The summed E-state index contributed by atoms with van der Waals surface area (Å²) >= 11 is 0. The number of rotatable bonds is 4. The van der Waals surface area contributed by atoms with E-state index < -0.39 is 0 Å². The van der Waals surface area contributed by atoms with Crippen LogP contribution in [-0.4, -0.2) is 13.1 Å². The molecular weight excluding hydrogens is 236 g/mol. The second kappa shape index (κ2) is 6.19. The van der Waals surface area contributed by atoms with Crippen molar-refractivity contribution in [3.8, 4) is 11.1 Å². The van der Waals surface area contributed by atoms with Crippen LogP contribution in [0.1, 0.15) is 18.1 Å². The van der Waals surface area contributed by atoms with E-state index in [1.54, 1.807) is 0 Å². The third-order valence-electron chi connectivity index (χ3n) is 3.23. The van der Waals surface area contributed by atoms with E-state index in [2.05, 4.69) is 35.9 Å². The molecule has 2 rings (SSSR count). The third kappa shape index (κ3) is 3.44. The van der Waals surface area contributed by atoms with Crippen LogP contribution in [0.2, 0.25) is 0 Å². The number of benzene rings is 2. The summed E-state index contributed by atoms with van der Waals surface area (Å²) in [6.45, 7) is 2.15. The Hall–Kier alpha value is -2.09. The first-order valence-electron chi connectivity index (χ1n) is 6.48. The summed E-state index contributed by atoms with van der Waals surface area (Å²) in [4.78, 5) is 11.2. The molecule has 0 fully saturated rings. The molecule has 98 valence electrons. The summed E-state index contributed by atoms with van der Waals surface area (Å²) in [5.41, 5.74) is 4.67. The Morgan fingerprint density at radius 1 is 0.895 bits per heavy atom. The summed E-state index contributed by atoms with van der Waals surface area (Å²) in [5, 5.41) is 0. The van der Waals surface area contributed by atoms with E-state index in [9.17, 15) is 4.79 Å². The first-order valence-corrected chi connectivity index (χ1v) is 6.48. The number of hydrogen-bond donors (Lipinski definition) is 0. The van der Waals surface area contributed by atoms with Crippen molar-refractivity contribution in [1.29, 1.82) is 0 Å². The van der Waals surface area contributed by atoms with Crippen molar-refractivity contribution in [2.24, 2.45) is 0 Å². The molecule has 0 spiro atoms. The van der Waals surface area contributed by atoms with E-state index in [0.29, 0.717) is 6.42 Å². The summed E-state index contributed by atoms with van der Waals surface area (Å²) in [7, 11) is 1.41. The van der Waals surface area contributed by atoms with Gasteiger partial charge in [-0.05, 0) is 28.7 Å². The molecule has 0 atom stereocenters. The molecule has 0 aliphatic heterocycles. The second-order valence-electron chi connectivity index (χ2n) is 4.50. The molecule has 0 unspecified atom stereocenters. The van der Waals surface area contributed by atoms with Crippen molar-refractivity contribution in [2.45, 2.75) is 19.8 Å². The van der Waals surface area contributed by atoms with Gasteiger partial charge in [-0.2, -0.15) is 0 Å². The van der Waals surface area contributed by atoms with Crippen LogP contribution in [0.5, 0.6) is 0 Å². The van der Waals surface area contributed by atoms with E-state index in [-0.39, 0.29) is 5.97 Å². The third-order valence-corrected chi connectivity index (χ3v) is 3.23. The molecule has 0 amide bonds. The van der Waals surface area contributed by atoms with Gasteiger partial charge in [0.25, 0.3) is 0 Å². The topological polar surface area (TPSA) is 26.3 Å². The summed E-state index contributed by atoms with van der Waals surface area (Å²) in [6.07, 6.45) is 1.38. The Kier molecular flexibility index (Phi) is 4.35. The van der Waals surface area contributed by atoms with Gasteiger partial charge in [0.2, 0.25) is 0 Å². The number of esters is 1. The van der Waals surface area contributed by atoms with Crippen molar-refractivity contribution < 1.29 is 9.53 Å². The van der Waals surface area contributed by atoms with Gasteiger partial charge < -0.3 is 4.74 Å². The minimum atomic E-state index is -0.208. The van der Waals surface area contributed by atoms with Gasteiger partial charge in [-0.25, -0.2) is 0 Å². The number of ether oxygens (including phenoxy) is 1. The summed E-state index contributed by atoms with van der Waals surface area (Å²) in [6, 6.07) is 16.6. The molecule has 2 heteroatoms. The van der Waals surface area contributed by atoms with Crippen molar-refractivity contribution in [3.05, 3.63) is 59.7 Å². The Morgan fingerprint density at radius 2 is 1.37 bits per heavy atom. The Morgan fingerprint density at radius 3 is 1.79 bits per heavy atom. The molecule has 0 aliphatic carbocycles. The zero-order valence-corrected chi connectivity index (χ0v) is 11.3. The molecule has 0 N–H and O–H groups in total. The Labute approximate surface area is 114 Å². The molecule has 2 aromatic carbocycles. The van der Waals surface area contributed by atoms with Gasteiger partial charge in [0, 0.05) is 0 Å². The van der Waals surface area contributed by atoms with Crippen LogP contribution in [0.4, 0.5) is 0 Å². The van der Waals surface area contributed by atoms with Crippen LogP contribution in [0.3, 0.4) is 0 Å². The molecule has 0 radical (unpaired) electrons. The molecule has 0 aliphatic rings. The predicted molar refractivity (Wildman–Crippen MR) is 77.0 cm³/mol. The largest absolute Gasteiger partial charge is 0.469 e. The van der Waals surface area contributed by atoms with Gasteiger partial charge in [0.15, 0.2) is 0 Å². The summed E-state index contributed by atoms with van der Waals surface area (Å²) in [5.74, 6) is -0.208. The maximum absolute atomic E-state index is 11.2. The standard InChI is InChI=1S/C17H18O2/c1-3-13-4-8-15(9-5-13)16-10-6-14(7-11-16)12-17(18)19-2/h4-11H,3,12H2,1-2H3. The van der Waals surface area contributed by atoms with Crippen LogP contribution in [0.25, 0.3) is 11.1 Å². The highest BCUT2D eigenvalue weighted by molar-refractivity contribution is 5.73. The lowest BCUT2D eigenvalue weighted by molar-refractivity contribution is -0.139. The molecule has 0 saturated heterocycles. The number of hydrogen-bond acceptors (Lipinski definition) is 2. The van der Waals surface area contributed by atoms with Gasteiger partial charge in [-0.1, -0.05) is 55.5 Å². The zero-order chi connectivity index (χ0) is 13.7. The Balaban J connectivity index is 2.14. The van der Waals surface area contributed by atoms with Gasteiger partial charge in [-0.15, -0.1) is 0 Å². The smallest absolute Gasteiger partial charge is 0.309 e. The van der Waals surface area contributed by atoms with Gasteiger partial charge in [0.1, 0.15) is 0 Å². The highest BCUT2D eigenvalue weighted by Crippen LogP contribution is 2.20. The average molecular weight is 254 g/mol. The lowest BCUT2D eigenvalue weighted by Gasteiger charge is -2.05. The predicted octanol–water partition coefficient (Wildman–Crippen LogP) is 3.63. The van der Waals surface area contributed by atoms with E-state index in [4.69, 9.17) is 0 Å². The summed E-state index contributed by atoms with van der Waals surface area (Å²) < 4.78 is 4.66. The molecule has 0 aromatic heterocycles. The lowest BCUT2D eigenvalue weighted by Crippen LogP contribution is -2.04. The first-order chi connectivity index (χ1) is 9.22. The van der Waals surface area contributed by atoms with E-state index in [1.165, 1.54) is 18.2 Å². The van der Waals surface area contributed by atoms with E-state index >= 15 is 0 Å². The number of aryl methyl sites for hydroxylation is 1. The van der Waals surface area contributed by atoms with Crippen molar-refractivity contribution in [2.75, 3.05) is 7.11 Å². The fourth-order valence-corrected chi connectivity index (χ4v) is 1.99. The highest BCUT2D eigenvalue weighted by atomic mass is 16.5. The van der Waals surface area contributed by atoms with Crippen LogP contribution >= 0.6 is 0 Å². The van der Waals surface area contributed by atoms with Crippen LogP contribution in [0, 0.1) is 0 Å². The van der Waals surface area contributed by atoms with Crippen molar-refractivity contribution >= 4 is 5.97 Å². The molecule has 2 nitrogen and oxygen atoms in total. The van der Waals surface area contributed by atoms with Crippen LogP contribution in [-0.2, 0) is 22.4 Å². The molecular formula is C17H18O2. The van der Waals surface area contributed by atoms with Gasteiger partial charge in [-0.3, -0.25) is 4.79 Å². The number of carbonyl (C=O) groups excluding carboxylic acids is 1. The lowest BCUT2D eigenvalue weighted by atomic mass is 10.0. The molecule has 0 bridgehead atoms. The van der Waals surface area contributed by atoms with Crippen molar-refractivity contribution in [3.63, 3.8) is 0 Å². The first kappa shape index (κ1) is 13.3. The fraction of sp³-hybridized carbons (Fsp3) is 0.235. The van der Waals surface area contributed by atoms with Gasteiger partial charge >= 0.3 is 5.97 Å². The zero-order valence-electron chi connectivity index (χ0n) is 11.3. The minimum absolute atomic E-state index is 0.208. The number of methoxy groups -OCH3 is 1. The maximum atomic E-state index is 11.2. The molecule has 0 saturated carbocycles. The molecule has 2 aromatic rings.